The fourth-order valence-corrected chi connectivity index (χ4v) is 3.19. The Balaban J connectivity index is 1.88. The van der Waals surface area contributed by atoms with Crippen molar-refractivity contribution in [3.05, 3.63) is 76.2 Å². The van der Waals surface area contributed by atoms with Crippen LogP contribution in [0.5, 0.6) is 0 Å². The van der Waals surface area contributed by atoms with Gasteiger partial charge in [-0.2, -0.15) is 13.2 Å². The first-order valence-corrected chi connectivity index (χ1v) is 9.68. The molecule has 0 saturated carbocycles. The van der Waals surface area contributed by atoms with Crippen LogP contribution in [-0.2, 0) is 24.1 Å². The zero-order valence-corrected chi connectivity index (χ0v) is 17.3. The topological polar surface area (TPSA) is 58.4 Å². The summed E-state index contributed by atoms with van der Waals surface area (Å²) in [7, 11) is 3.68. The van der Waals surface area contributed by atoms with Gasteiger partial charge in [0, 0.05) is 19.6 Å². The molecule has 0 aliphatic carbocycles. The summed E-state index contributed by atoms with van der Waals surface area (Å²) in [5.41, 5.74) is 0.288. The van der Waals surface area contributed by atoms with E-state index in [-0.39, 0.29) is 19.0 Å². The number of hydrogen-bond donors (Lipinski definition) is 0. The summed E-state index contributed by atoms with van der Waals surface area (Å²) >= 11 is 0. The Bertz CT molecular complexity index is 1130. The van der Waals surface area contributed by atoms with Crippen molar-refractivity contribution in [1.29, 1.82) is 0 Å². The summed E-state index contributed by atoms with van der Waals surface area (Å²) in [6.45, 7) is 0.610. The number of fused-ring (bicyclic) bond motifs is 1. The molecule has 31 heavy (non-hydrogen) atoms. The molecule has 0 spiro atoms. The largest absolute Gasteiger partial charge is 0.416 e. The molecule has 1 heterocycles. The van der Waals surface area contributed by atoms with Gasteiger partial charge in [-0.1, -0.05) is 24.3 Å². The Labute approximate surface area is 177 Å². The van der Waals surface area contributed by atoms with E-state index in [2.05, 4.69) is 4.98 Å². The maximum absolute atomic E-state index is 13.1. The van der Waals surface area contributed by atoms with E-state index in [1.54, 1.807) is 30.3 Å². The Hall–Kier alpha value is -3.20. The van der Waals surface area contributed by atoms with Crippen LogP contribution in [0, 0.1) is 0 Å². The monoisotopic (exact) mass is 432 g/mol. The Morgan fingerprint density at radius 2 is 1.81 bits per heavy atom. The van der Waals surface area contributed by atoms with Crippen LogP contribution in [0.4, 0.5) is 13.2 Å². The molecule has 0 radical (unpaired) electrons. The van der Waals surface area contributed by atoms with Gasteiger partial charge in [0.2, 0.25) is 5.91 Å². The van der Waals surface area contributed by atoms with E-state index in [0.717, 1.165) is 18.3 Å². The van der Waals surface area contributed by atoms with E-state index in [0.29, 0.717) is 29.7 Å². The number of rotatable bonds is 7. The molecule has 0 N–H and O–H groups in total. The van der Waals surface area contributed by atoms with E-state index in [9.17, 15) is 22.8 Å². The smallest absolute Gasteiger partial charge is 0.336 e. The summed E-state index contributed by atoms with van der Waals surface area (Å²) in [6, 6.07) is 11.9. The Morgan fingerprint density at radius 1 is 1.06 bits per heavy atom. The molecule has 0 fully saturated rings. The fraction of sp³-hybridized carbons (Fsp3) is 0.318. The first kappa shape index (κ1) is 22.5. The van der Waals surface area contributed by atoms with Gasteiger partial charge in [0.25, 0.3) is 5.56 Å². The van der Waals surface area contributed by atoms with Gasteiger partial charge < -0.3 is 9.80 Å². The number of para-hydroxylation sites is 2. The van der Waals surface area contributed by atoms with Gasteiger partial charge in [-0.3, -0.25) is 14.2 Å². The van der Waals surface area contributed by atoms with Gasteiger partial charge in [0.1, 0.15) is 6.54 Å². The molecule has 2 aromatic carbocycles. The molecule has 164 valence electrons. The van der Waals surface area contributed by atoms with Crippen molar-refractivity contribution in [1.82, 2.24) is 19.4 Å². The standard InChI is InChI=1S/C22H23F3N4O2/c1-27(2)10-11-28(14-16-6-5-7-17(12-16)22(23,24)25)21(31)15-29-19-9-4-3-8-18(19)26-13-20(29)30/h3-9,12-13H,10-11,14-15H2,1-2H3. The van der Waals surface area contributed by atoms with Gasteiger partial charge in [-0.15, -0.1) is 0 Å². The SMILES string of the molecule is CN(C)CCN(Cc1cccc(C(F)(F)F)c1)C(=O)Cn1c(=O)cnc2ccccc21. The highest BCUT2D eigenvalue weighted by molar-refractivity contribution is 5.80. The van der Waals surface area contributed by atoms with Gasteiger partial charge in [-0.25, -0.2) is 4.98 Å². The maximum Gasteiger partial charge on any atom is 0.416 e. The highest BCUT2D eigenvalue weighted by Crippen LogP contribution is 2.29. The number of alkyl halides is 3. The van der Waals surface area contributed by atoms with Crippen molar-refractivity contribution in [2.24, 2.45) is 0 Å². The van der Waals surface area contributed by atoms with Crippen molar-refractivity contribution in [3.8, 4) is 0 Å². The highest BCUT2D eigenvalue weighted by Gasteiger charge is 2.30. The summed E-state index contributed by atoms with van der Waals surface area (Å²) < 4.78 is 40.5. The second kappa shape index (κ2) is 9.30. The number of hydrogen-bond acceptors (Lipinski definition) is 4. The van der Waals surface area contributed by atoms with Gasteiger partial charge >= 0.3 is 6.18 Å². The predicted molar refractivity (Wildman–Crippen MR) is 111 cm³/mol. The average Bonchev–Trinajstić information content (AvgIpc) is 2.72. The zero-order valence-electron chi connectivity index (χ0n) is 17.3. The van der Waals surface area contributed by atoms with Crippen LogP contribution >= 0.6 is 0 Å². The second-order valence-electron chi connectivity index (χ2n) is 7.49. The molecule has 0 aliphatic rings. The third-order valence-electron chi connectivity index (χ3n) is 4.84. The van der Waals surface area contributed by atoms with Crippen molar-refractivity contribution in [2.75, 3.05) is 27.2 Å². The van der Waals surface area contributed by atoms with Crippen LogP contribution in [-0.4, -0.2) is 52.4 Å². The molecule has 6 nitrogen and oxygen atoms in total. The lowest BCUT2D eigenvalue weighted by Gasteiger charge is -2.25. The van der Waals surface area contributed by atoms with Crippen molar-refractivity contribution in [3.63, 3.8) is 0 Å². The molecule has 1 aromatic heterocycles. The van der Waals surface area contributed by atoms with Crippen LogP contribution in [0.2, 0.25) is 0 Å². The van der Waals surface area contributed by atoms with Crippen molar-refractivity contribution >= 4 is 16.9 Å². The maximum atomic E-state index is 13.1. The van der Waals surface area contributed by atoms with Crippen LogP contribution in [0.15, 0.2) is 59.5 Å². The predicted octanol–water partition coefficient (Wildman–Crippen LogP) is 3.01. The molecule has 0 aliphatic heterocycles. The molecule has 3 rings (SSSR count). The van der Waals surface area contributed by atoms with E-state index in [1.807, 2.05) is 19.0 Å². The van der Waals surface area contributed by atoms with Crippen molar-refractivity contribution in [2.45, 2.75) is 19.3 Å². The molecule has 9 heteroatoms. The third kappa shape index (κ3) is 5.69. The van der Waals surface area contributed by atoms with E-state index < -0.39 is 17.3 Å². The third-order valence-corrected chi connectivity index (χ3v) is 4.84. The second-order valence-corrected chi connectivity index (χ2v) is 7.49. The summed E-state index contributed by atoms with van der Waals surface area (Å²) in [6.07, 6.45) is -3.30. The molecule has 0 bridgehead atoms. The molecule has 0 saturated heterocycles. The van der Waals surface area contributed by atoms with Crippen LogP contribution in [0.1, 0.15) is 11.1 Å². The molecule has 1 amide bonds. The number of likely N-dealkylation sites (N-methyl/N-ethyl adjacent to an activating group) is 1. The number of nitrogens with zero attached hydrogens (tertiary/aromatic N) is 4. The van der Waals surface area contributed by atoms with Crippen LogP contribution in [0.3, 0.4) is 0 Å². The minimum Gasteiger partial charge on any atom is -0.336 e. The fourth-order valence-electron chi connectivity index (χ4n) is 3.19. The van der Waals surface area contributed by atoms with Crippen LogP contribution < -0.4 is 5.56 Å². The van der Waals surface area contributed by atoms with E-state index in [4.69, 9.17) is 0 Å². The lowest BCUT2D eigenvalue weighted by Crippen LogP contribution is -2.39. The number of amides is 1. The number of carbonyl (C=O) groups excluding carboxylic acids is 1. The number of aromatic nitrogens is 2. The molecular formula is C22H23F3N4O2. The Kier molecular flexibility index (Phi) is 6.74. The quantitative estimate of drug-likeness (QED) is 0.576. The zero-order chi connectivity index (χ0) is 22.6. The summed E-state index contributed by atoms with van der Waals surface area (Å²) in [5, 5.41) is 0. The Morgan fingerprint density at radius 3 is 2.52 bits per heavy atom. The summed E-state index contributed by atoms with van der Waals surface area (Å²) in [5.74, 6) is -0.363. The van der Waals surface area contributed by atoms with Crippen LogP contribution in [0.25, 0.3) is 11.0 Å². The van der Waals surface area contributed by atoms with E-state index in [1.165, 1.54) is 15.5 Å². The number of halogens is 3. The van der Waals surface area contributed by atoms with Crippen molar-refractivity contribution < 1.29 is 18.0 Å². The van der Waals surface area contributed by atoms with Gasteiger partial charge in [-0.05, 0) is 43.9 Å². The average molecular weight is 432 g/mol. The summed E-state index contributed by atoms with van der Waals surface area (Å²) in [4.78, 5) is 32.9. The van der Waals surface area contributed by atoms with Gasteiger partial charge in [0.05, 0.1) is 22.8 Å². The van der Waals surface area contributed by atoms with Gasteiger partial charge in [0.15, 0.2) is 0 Å². The minimum absolute atomic E-state index is 0.00829. The molecule has 0 atom stereocenters. The first-order valence-electron chi connectivity index (χ1n) is 9.68. The minimum atomic E-state index is -4.46. The molecule has 0 unspecified atom stereocenters. The number of benzene rings is 2. The van der Waals surface area contributed by atoms with E-state index >= 15 is 0 Å². The lowest BCUT2D eigenvalue weighted by molar-refractivity contribution is -0.137. The normalized spacial score (nSPS) is 11.8. The number of carbonyl (C=O) groups is 1. The first-order chi connectivity index (χ1) is 14.6. The molecule has 3 aromatic rings. The highest BCUT2D eigenvalue weighted by atomic mass is 19.4. The lowest BCUT2D eigenvalue weighted by atomic mass is 10.1. The molecular weight excluding hydrogens is 409 g/mol.